The summed E-state index contributed by atoms with van der Waals surface area (Å²) in [6, 6.07) is 17.0. The zero-order chi connectivity index (χ0) is 16.1. The molecule has 0 aromatic heterocycles. The Morgan fingerprint density at radius 1 is 1.13 bits per heavy atom. The monoisotopic (exact) mass is 310 g/mol. The molecule has 0 fully saturated rings. The van der Waals surface area contributed by atoms with Gasteiger partial charge in [0.15, 0.2) is 11.5 Å². The second kappa shape index (κ2) is 6.96. The average Bonchev–Trinajstić information content (AvgIpc) is 2.62. The molecule has 0 saturated heterocycles. The van der Waals surface area contributed by atoms with Gasteiger partial charge in [0.2, 0.25) is 6.10 Å². The fraction of sp³-hybridized carbons (Fsp3) is 0.222. The number of para-hydroxylation sites is 2. The molecule has 2 aromatic carbocycles. The highest BCUT2D eigenvalue weighted by molar-refractivity contribution is 6.01. The Morgan fingerprint density at radius 2 is 1.83 bits per heavy atom. The van der Waals surface area contributed by atoms with Crippen LogP contribution in [0.2, 0.25) is 0 Å². The fourth-order valence-corrected chi connectivity index (χ4v) is 2.32. The summed E-state index contributed by atoms with van der Waals surface area (Å²) in [4.78, 5) is 12.2. The summed E-state index contributed by atoms with van der Waals surface area (Å²) < 4.78 is 11.2. The smallest absolute Gasteiger partial charge is 0.284 e. The number of carbonyl (C=O) groups excluding carboxylic acids is 1. The predicted molar refractivity (Wildman–Crippen MR) is 87.8 cm³/mol. The number of ether oxygens (including phenoxy) is 2. The third-order valence-electron chi connectivity index (χ3n) is 3.54. The standard InChI is InChI=1S/C18H18N2O3/c1-2-14(13-8-4-3-5-9-13)19-20-18(21)17-12-22-15-10-6-7-11-16(15)23-17/h3-11,17H,2,12H2,1H3,(H,20,21). The van der Waals surface area contributed by atoms with Gasteiger partial charge in [0.05, 0.1) is 5.71 Å². The first-order valence-corrected chi connectivity index (χ1v) is 7.58. The summed E-state index contributed by atoms with van der Waals surface area (Å²) in [5.41, 5.74) is 4.38. The van der Waals surface area contributed by atoms with Crippen molar-refractivity contribution in [2.75, 3.05) is 6.61 Å². The molecule has 0 saturated carbocycles. The van der Waals surface area contributed by atoms with Crippen LogP contribution in [0, 0.1) is 0 Å². The van der Waals surface area contributed by atoms with E-state index in [1.807, 2.05) is 55.5 Å². The Kier molecular flexibility index (Phi) is 4.57. The SMILES string of the molecule is CCC(=NNC(=O)C1COc2ccccc2O1)c1ccccc1. The number of rotatable bonds is 4. The number of fused-ring (bicyclic) bond motifs is 1. The highest BCUT2D eigenvalue weighted by Gasteiger charge is 2.27. The van der Waals surface area contributed by atoms with E-state index in [4.69, 9.17) is 9.47 Å². The van der Waals surface area contributed by atoms with Gasteiger partial charge in [-0.15, -0.1) is 0 Å². The molecular formula is C18H18N2O3. The number of nitrogens with zero attached hydrogens (tertiary/aromatic N) is 1. The van der Waals surface area contributed by atoms with Crippen LogP contribution in [-0.4, -0.2) is 24.3 Å². The molecule has 0 radical (unpaired) electrons. The van der Waals surface area contributed by atoms with Crippen molar-refractivity contribution in [1.82, 2.24) is 5.43 Å². The van der Waals surface area contributed by atoms with Crippen molar-refractivity contribution in [1.29, 1.82) is 0 Å². The number of benzene rings is 2. The molecule has 1 heterocycles. The maximum Gasteiger partial charge on any atom is 0.284 e. The predicted octanol–water partition coefficient (Wildman–Crippen LogP) is 2.76. The van der Waals surface area contributed by atoms with Gasteiger partial charge in [0, 0.05) is 0 Å². The van der Waals surface area contributed by atoms with Crippen LogP contribution < -0.4 is 14.9 Å². The van der Waals surface area contributed by atoms with Crippen LogP contribution in [0.4, 0.5) is 0 Å². The number of nitrogens with one attached hydrogen (secondary N) is 1. The molecule has 23 heavy (non-hydrogen) atoms. The van der Waals surface area contributed by atoms with Crippen LogP contribution in [0.1, 0.15) is 18.9 Å². The molecule has 0 spiro atoms. The van der Waals surface area contributed by atoms with E-state index in [1.165, 1.54) is 0 Å². The van der Waals surface area contributed by atoms with E-state index in [0.717, 1.165) is 17.7 Å². The van der Waals surface area contributed by atoms with Crippen molar-refractivity contribution >= 4 is 11.6 Å². The lowest BCUT2D eigenvalue weighted by atomic mass is 10.1. The molecule has 2 aromatic rings. The first-order valence-electron chi connectivity index (χ1n) is 7.58. The lowest BCUT2D eigenvalue weighted by molar-refractivity contribution is -0.130. The number of amides is 1. The van der Waals surface area contributed by atoms with E-state index in [1.54, 1.807) is 6.07 Å². The Morgan fingerprint density at radius 3 is 2.57 bits per heavy atom. The van der Waals surface area contributed by atoms with Gasteiger partial charge in [-0.25, -0.2) is 5.43 Å². The topological polar surface area (TPSA) is 59.9 Å². The summed E-state index contributed by atoms with van der Waals surface area (Å²) in [7, 11) is 0. The lowest BCUT2D eigenvalue weighted by Gasteiger charge is -2.24. The molecule has 0 bridgehead atoms. The fourth-order valence-electron chi connectivity index (χ4n) is 2.32. The van der Waals surface area contributed by atoms with E-state index < -0.39 is 6.10 Å². The average molecular weight is 310 g/mol. The van der Waals surface area contributed by atoms with Crippen molar-refractivity contribution in [2.45, 2.75) is 19.4 Å². The quantitative estimate of drug-likeness (QED) is 0.698. The maximum absolute atomic E-state index is 12.2. The minimum absolute atomic E-state index is 0.172. The van der Waals surface area contributed by atoms with E-state index in [2.05, 4.69) is 10.5 Å². The molecule has 1 aliphatic heterocycles. The second-order valence-corrected chi connectivity index (χ2v) is 5.12. The summed E-state index contributed by atoms with van der Waals surface area (Å²) in [5, 5.41) is 4.23. The molecule has 1 unspecified atom stereocenters. The molecule has 5 heteroatoms. The van der Waals surface area contributed by atoms with Gasteiger partial charge < -0.3 is 9.47 Å². The molecule has 1 amide bonds. The van der Waals surface area contributed by atoms with Gasteiger partial charge in [-0.05, 0) is 24.1 Å². The highest BCUT2D eigenvalue weighted by Crippen LogP contribution is 2.30. The Bertz CT molecular complexity index is 713. The van der Waals surface area contributed by atoms with Gasteiger partial charge >= 0.3 is 0 Å². The largest absolute Gasteiger partial charge is 0.485 e. The van der Waals surface area contributed by atoms with E-state index in [-0.39, 0.29) is 12.5 Å². The third-order valence-corrected chi connectivity index (χ3v) is 3.54. The van der Waals surface area contributed by atoms with Crippen LogP contribution in [0.25, 0.3) is 0 Å². The van der Waals surface area contributed by atoms with Gasteiger partial charge in [-0.1, -0.05) is 49.4 Å². The zero-order valence-electron chi connectivity index (χ0n) is 12.9. The van der Waals surface area contributed by atoms with Gasteiger partial charge in [-0.2, -0.15) is 5.10 Å². The van der Waals surface area contributed by atoms with E-state index in [0.29, 0.717) is 11.5 Å². The van der Waals surface area contributed by atoms with Crippen LogP contribution >= 0.6 is 0 Å². The van der Waals surface area contributed by atoms with Crippen LogP contribution in [0.15, 0.2) is 59.7 Å². The van der Waals surface area contributed by atoms with Crippen molar-refractivity contribution in [3.63, 3.8) is 0 Å². The van der Waals surface area contributed by atoms with Crippen LogP contribution in [0.5, 0.6) is 11.5 Å². The Balaban J connectivity index is 1.67. The molecule has 118 valence electrons. The Labute approximate surface area is 134 Å². The Hall–Kier alpha value is -2.82. The summed E-state index contributed by atoms with van der Waals surface area (Å²) in [6.07, 6.45) is 0.0114. The second-order valence-electron chi connectivity index (χ2n) is 5.12. The van der Waals surface area contributed by atoms with Crippen molar-refractivity contribution in [3.8, 4) is 11.5 Å². The van der Waals surface area contributed by atoms with Gasteiger partial charge in [-0.3, -0.25) is 4.79 Å². The summed E-state index contributed by atoms with van der Waals surface area (Å²) in [6.45, 7) is 2.17. The molecule has 1 atom stereocenters. The van der Waals surface area contributed by atoms with Gasteiger partial charge in [0.1, 0.15) is 6.61 Å². The van der Waals surface area contributed by atoms with E-state index in [9.17, 15) is 4.79 Å². The summed E-state index contributed by atoms with van der Waals surface area (Å²) >= 11 is 0. The van der Waals surface area contributed by atoms with Gasteiger partial charge in [0.25, 0.3) is 5.91 Å². The molecule has 1 aliphatic rings. The first-order chi connectivity index (χ1) is 11.3. The zero-order valence-corrected chi connectivity index (χ0v) is 12.9. The third kappa shape index (κ3) is 3.51. The maximum atomic E-state index is 12.2. The van der Waals surface area contributed by atoms with Crippen LogP contribution in [-0.2, 0) is 4.79 Å². The number of carbonyl (C=O) groups is 1. The minimum Gasteiger partial charge on any atom is -0.485 e. The van der Waals surface area contributed by atoms with Crippen molar-refractivity contribution in [3.05, 3.63) is 60.2 Å². The minimum atomic E-state index is -0.706. The summed E-state index contributed by atoms with van der Waals surface area (Å²) in [5.74, 6) is 0.904. The van der Waals surface area contributed by atoms with Crippen LogP contribution in [0.3, 0.4) is 0 Å². The number of hydrogen-bond donors (Lipinski definition) is 1. The molecule has 1 N–H and O–H groups in total. The first kappa shape index (κ1) is 15.1. The molecule has 0 aliphatic carbocycles. The molecular weight excluding hydrogens is 292 g/mol. The highest BCUT2D eigenvalue weighted by atomic mass is 16.6. The molecule has 3 rings (SSSR count). The van der Waals surface area contributed by atoms with E-state index >= 15 is 0 Å². The number of hydrazone groups is 1. The van der Waals surface area contributed by atoms with Crippen molar-refractivity contribution in [2.24, 2.45) is 5.10 Å². The van der Waals surface area contributed by atoms with Crippen molar-refractivity contribution < 1.29 is 14.3 Å². The normalized spacial score (nSPS) is 16.7. The molecule has 5 nitrogen and oxygen atoms in total. The lowest BCUT2D eigenvalue weighted by Crippen LogP contribution is -2.42. The number of hydrogen-bond acceptors (Lipinski definition) is 4.